The molecular weight excluding hydrogens is 306 g/mol. The molecule has 2 amide bonds. The van der Waals surface area contributed by atoms with Crippen LogP contribution in [0.15, 0.2) is 36.4 Å². The van der Waals surface area contributed by atoms with E-state index in [1.54, 1.807) is 31.3 Å². The van der Waals surface area contributed by atoms with E-state index in [0.717, 1.165) is 24.2 Å². The minimum Gasteiger partial charge on any atom is -0.364 e. The van der Waals surface area contributed by atoms with E-state index in [1.165, 1.54) is 0 Å². The standard InChI is InChI=1S/C17H19N5O2/c1-19-17(24)12-4-2-11(3-5-12)10-22(13-6-7-13)15-9-8-14(16(18)23)20-21-15/h2-5,8-9,13H,6-7,10H2,1H3,(H2,18,23)(H,19,24). The van der Waals surface area contributed by atoms with E-state index in [9.17, 15) is 9.59 Å². The number of nitrogens with zero attached hydrogens (tertiary/aromatic N) is 3. The van der Waals surface area contributed by atoms with Crippen LogP contribution in [-0.4, -0.2) is 35.1 Å². The molecule has 1 aliphatic rings. The quantitative estimate of drug-likeness (QED) is 0.828. The van der Waals surface area contributed by atoms with Gasteiger partial charge < -0.3 is 16.0 Å². The summed E-state index contributed by atoms with van der Waals surface area (Å²) in [6.07, 6.45) is 2.21. The maximum atomic E-state index is 11.6. The van der Waals surface area contributed by atoms with Gasteiger partial charge in [-0.2, -0.15) is 0 Å². The van der Waals surface area contributed by atoms with Gasteiger partial charge in [-0.05, 0) is 42.7 Å². The van der Waals surface area contributed by atoms with Gasteiger partial charge in [-0.25, -0.2) is 0 Å². The summed E-state index contributed by atoms with van der Waals surface area (Å²) in [6.45, 7) is 0.670. The Labute approximate surface area is 139 Å². The van der Waals surface area contributed by atoms with Crippen molar-refractivity contribution in [3.05, 3.63) is 53.2 Å². The van der Waals surface area contributed by atoms with Crippen molar-refractivity contribution in [2.45, 2.75) is 25.4 Å². The van der Waals surface area contributed by atoms with E-state index in [1.807, 2.05) is 12.1 Å². The Morgan fingerprint density at radius 3 is 2.38 bits per heavy atom. The molecule has 0 spiro atoms. The summed E-state index contributed by atoms with van der Waals surface area (Å²) in [4.78, 5) is 24.9. The van der Waals surface area contributed by atoms with Crippen LogP contribution < -0.4 is 16.0 Å². The van der Waals surface area contributed by atoms with E-state index in [0.29, 0.717) is 18.2 Å². The molecule has 124 valence electrons. The van der Waals surface area contributed by atoms with Crippen LogP contribution >= 0.6 is 0 Å². The molecule has 1 fully saturated rings. The third kappa shape index (κ3) is 3.51. The number of rotatable bonds is 6. The van der Waals surface area contributed by atoms with Crippen molar-refractivity contribution in [1.82, 2.24) is 15.5 Å². The largest absolute Gasteiger partial charge is 0.364 e. The Morgan fingerprint density at radius 2 is 1.88 bits per heavy atom. The van der Waals surface area contributed by atoms with Gasteiger partial charge in [-0.15, -0.1) is 10.2 Å². The molecule has 2 aromatic rings. The Balaban J connectivity index is 1.77. The van der Waals surface area contributed by atoms with Gasteiger partial charge in [0.15, 0.2) is 11.5 Å². The minimum atomic E-state index is -0.586. The molecule has 1 heterocycles. The third-order valence-corrected chi connectivity index (χ3v) is 3.98. The molecule has 1 aromatic heterocycles. The van der Waals surface area contributed by atoms with Crippen molar-refractivity contribution in [3.8, 4) is 0 Å². The van der Waals surface area contributed by atoms with Gasteiger partial charge in [0.1, 0.15) is 0 Å². The number of amides is 2. The van der Waals surface area contributed by atoms with E-state index in [2.05, 4.69) is 20.4 Å². The van der Waals surface area contributed by atoms with E-state index in [4.69, 9.17) is 5.73 Å². The second-order valence-electron chi connectivity index (χ2n) is 5.78. The summed E-state index contributed by atoms with van der Waals surface area (Å²) < 4.78 is 0. The molecule has 0 bridgehead atoms. The highest BCUT2D eigenvalue weighted by molar-refractivity contribution is 5.94. The van der Waals surface area contributed by atoms with Crippen molar-refractivity contribution in [3.63, 3.8) is 0 Å². The first-order valence-corrected chi connectivity index (χ1v) is 7.79. The van der Waals surface area contributed by atoms with Gasteiger partial charge in [0.25, 0.3) is 11.8 Å². The summed E-state index contributed by atoms with van der Waals surface area (Å²) in [5, 5.41) is 10.6. The number of hydrogen-bond donors (Lipinski definition) is 2. The maximum Gasteiger partial charge on any atom is 0.269 e. The summed E-state index contributed by atoms with van der Waals surface area (Å²) in [7, 11) is 1.61. The molecule has 7 nitrogen and oxygen atoms in total. The fourth-order valence-electron chi connectivity index (χ4n) is 2.50. The van der Waals surface area contributed by atoms with E-state index in [-0.39, 0.29) is 11.6 Å². The Kier molecular flexibility index (Phi) is 4.41. The van der Waals surface area contributed by atoms with Crippen molar-refractivity contribution in [2.24, 2.45) is 5.73 Å². The molecule has 0 aliphatic heterocycles. The molecule has 1 aromatic carbocycles. The first-order chi connectivity index (χ1) is 11.6. The number of aromatic nitrogens is 2. The fourth-order valence-corrected chi connectivity index (χ4v) is 2.50. The van der Waals surface area contributed by atoms with Gasteiger partial charge >= 0.3 is 0 Å². The van der Waals surface area contributed by atoms with Gasteiger partial charge in [-0.1, -0.05) is 12.1 Å². The van der Waals surface area contributed by atoms with Crippen LogP contribution in [0.4, 0.5) is 5.82 Å². The van der Waals surface area contributed by atoms with Crippen LogP contribution in [0.5, 0.6) is 0 Å². The van der Waals surface area contributed by atoms with Gasteiger partial charge in [0.05, 0.1) is 0 Å². The summed E-state index contributed by atoms with van der Waals surface area (Å²) in [6, 6.07) is 11.3. The molecule has 7 heteroatoms. The van der Waals surface area contributed by atoms with Crippen LogP contribution in [0, 0.1) is 0 Å². The highest BCUT2D eigenvalue weighted by atomic mass is 16.2. The number of nitrogens with two attached hydrogens (primary N) is 1. The molecule has 0 saturated heterocycles. The number of primary amides is 1. The summed E-state index contributed by atoms with van der Waals surface area (Å²) >= 11 is 0. The van der Waals surface area contributed by atoms with Crippen LogP contribution in [0.1, 0.15) is 39.3 Å². The lowest BCUT2D eigenvalue weighted by Crippen LogP contribution is -2.27. The summed E-state index contributed by atoms with van der Waals surface area (Å²) in [5.74, 6) is 0.0307. The Hall–Kier alpha value is -2.96. The van der Waals surface area contributed by atoms with E-state index < -0.39 is 5.91 Å². The van der Waals surface area contributed by atoms with Crippen molar-refractivity contribution in [2.75, 3.05) is 11.9 Å². The monoisotopic (exact) mass is 325 g/mol. The second kappa shape index (κ2) is 6.66. The van der Waals surface area contributed by atoms with Crippen LogP contribution in [0.25, 0.3) is 0 Å². The summed E-state index contributed by atoms with van der Waals surface area (Å²) in [5.41, 5.74) is 7.06. The smallest absolute Gasteiger partial charge is 0.269 e. The van der Waals surface area contributed by atoms with Gasteiger partial charge in [0.2, 0.25) is 0 Å². The SMILES string of the molecule is CNC(=O)c1ccc(CN(c2ccc(C(N)=O)nn2)C2CC2)cc1. The maximum absolute atomic E-state index is 11.6. The molecule has 0 radical (unpaired) electrons. The number of nitrogens with one attached hydrogen (secondary N) is 1. The minimum absolute atomic E-state index is 0.103. The number of hydrogen-bond acceptors (Lipinski definition) is 5. The number of carbonyl (C=O) groups excluding carboxylic acids is 2. The topological polar surface area (TPSA) is 101 Å². The first kappa shape index (κ1) is 15.9. The lowest BCUT2D eigenvalue weighted by molar-refractivity contribution is 0.0961. The zero-order valence-corrected chi connectivity index (χ0v) is 13.4. The van der Waals surface area contributed by atoms with E-state index >= 15 is 0 Å². The fraction of sp³-hybridized carbons (Fsp3) is 0.294. The zero-order chi connectivity index (χ0) is 17.1. The Morgan fingerprint density at radius 1 is 1.17 bits per heavy atom. The number of benzene rings is 1. The highest BCUT2D eigenvalue weighted by Crippen LogP contribution is 2.31. The molecule has 0 atom stereocenters. The number of carbonyl (C=O) groups is 2. The normalized spacial score (nSPS) is 13.4. The molecule has 1 saturated carbocycles. The molecule has 3 rings (SSSR count). The van der Waals surface area contributed by atoms with Crippen LogP contribution in [-0.2, 0) is 6.54 Å². The predicted molar refractivity (Wildman–Crippen MR) is 89.6 cm³/mol. The van der Waals surface area contributed by atoms with Crippen molar-refractivity contribution in [1.29, 1.82) is 0 Å². The van der Waals surface area contributed by atoms with Gasteiger partial charge in [-0.3, -0.25) is 9.59 Å². The molecule has 3 N–H and O–H groups in total. The molecule has 1 aliphatic carbocycles. The second-order valence-corrected chi connectivity index (χ2v) is 5.78. The first-order valence-electron chi connectivity index (χ1n) is 7.79. The third-order valence-electron chi connectivity index (χ3n) is 3.98. The average Bonchev–Trinajstić information content (AvgIpc) is 3.44. The highest BCUT2D eigenvalue weighted by Gasteiger charge is 2.30. The zero-order valence-electron chi connectivity index (χ0n) is 13.4. The molecular formula is C17H19N5O2. The lowest BCUT2D eigenvalue weighted by atomic mass is 10.1. The van der Waals surface area contributed by atoms with Crippen LogP contribution in [0.2, 0.25) is 0 Å². The van der Waals surface area contributed by atoms with Crippen molar-refractivity contribution < 1.29 is 9.59 Å². The van der Waals surface area contributed by atoms with Crippen LogP contribution in [0.3, 0.4) is 0 Å². The lowest BCUT2D eigenvalue weighted by Gasteiger charge is -2.23. The molecule has 0 unspecified atom stereocenters. The average molecular weight is 325 g/mol. The molecule has 24 heavy (non-hydrogen) atoms. The Bertz CT molecular complexity index is 739. The predicted octanol–water partition coefficient (Wildman–Crippen LogP) is 1.10. The van der Waals surface area contributed by atoms with Gasteiger partial charge in [0, 0.05) is 25.2 Å². The number of anilines is 1. The van der Waals surface area contributed by atoms with Crippen molar-refractivity contribution >= 4 is 17.6 Å².